The molecule has 0 unspecified atom stereocenters. The average Bonchev–Trinajstić information content (AvgIpc) is 2.54. The Bertz CT molecular complexity index is 671. The van der Waals surface area contributed by atoms with E-state index in [9.17, 15) is 9.90 Å². The zero-order valence-corrected chi connectivity index (χ0v) is 12.8. The molecule has 1 aliphatic rings. The van der Waals surface area contributed by atoms with Crippen molar-refractivity contribution in [2.75, 3.05) is 19.6 Å². The molecule has 1 aliphatic heterocycles. The predicted molar refractivity (Wildman–Crippen MR) is 88.0 cm³/mol. The van der Waals surface area contributed by atoms with E-state index in [2.05, 4.69) is 35.6 Å². The molecule has 0 aromatic heterocycles. The number of fused-ring (bicyclic) bond motifs is 1. The molecule has 2 aromatic carbocycles. The van der Waals surface area contributed by atoms with E-state index in [0.717, 1.165) is 12.0 Å². The van der Waals surface area contributed by atoms with Crippen LogP contribution in [-0.2, 0) is 0 Å². The Kier molecular flexibility index (Phi) is 4.29. The lowest BCUT2D eigenvalue weighted by Crippen LogP contribution is -2.49. The maximum absolute atomic E-state index is 11.9. The molecule has 2 aromatic rings. The molecule has 2 N–H and O–H groups in total. The van der Waals surface area contributed by atoms with Gasteiger partial charge in [0.25, 0.3) is 0 Å². The molecular formula is C18H22N2O2. The van der Waals surface area contributed by atoms with Crippen LogP contribution in [0.5, 0.6) is 0 Å². The number of benzene rings is 2. The monoisotopic (exact) mass is 298 g/mol. The Labute approximate surface area is 130 Å². The molecule has 22 heavy (non-hydrogen) atoms. The van der Waals surface area contributed by atoms with Crippen LogP contribution in [0.1, 0.15) is 24.8 Å². The zero-order valence-electron chi connectivity index (χ0n) is 12.8. The van der Waals surface area contributed by atoms with Gasteiger partial charge in [-0.05, 0) is 29.7 Å². The number of carbonyl (C=O) groups is 1. The number of aliphatic hydroxyl groups is 1. The molecule has 3 rings (SSSR count). The van der Waals surface area contributed by atoms with E-state index in [1.54, 1.807) is 4.90 Å². The Morgan fingerprint density at radius 2 is 2.05 bits per heavy atom. The van der Waals surface area contributed by atoms with Crippen LogP contribution in [0.4, 0.5) is 4.79 Å². The SMILES string of the molecule is CCNC(=O)N1CC[C@@H](c2ccc3ccccc3c2)[C@H](O)C1. The van der Waals surface area contributed by atoms with Crippen molar-refractivity contribution in [2.45, 2.75) is 25.4 Å². The van der Waals surface area contributed by atoms with Crippen LogP contribution >= 0.6 is 0 Å². The van der Waals surface area contributed by atoms with E-state index < -0.39 is 6.10 Å². The summed E-state index contributed by atoms with van der Waals surface area (Å²) in [7, 11) is 0. The Morgan fingerprint density at radius 3 is 2.77 bits per heavy atom. The number of nitrogens with one attached hydrogen (secondary N) is 1. The fourth-order valence-corrected chi connectivity index (χ4v) is 3.21. The minimum absolute atomic E-state index is 0.0847. The van der Waals surface area contributed by atoms with E-state index in [0.29, 0.717) is 19.6 Å². The highest BCUT2D eigenvalue weighted by Crippen LogP contribution is 2.30. The van der Waals surface area contributed by atoms with Gasteiger partial charge >= 0.3 is 6.03 Å². The number of hydrogen-bond donors (Lipinski definition) is 2. The zero-order chi connectivity index (χ0) is 15.5. The van der Waals surface area contributed by atoms with E-state index in [4.69, 9.17) is 0 Å². The number of piperidine rings is 1. The van der Waals surface area contributed by atoms with E-state index in [1.165, 1.54) is 10.8 Å². The first-order valence-electron chi connectivity index (χ1n) is 7.88. The number of aliphatic hydroxyl groups excluding tert-OH is 1. The van der Waals surface area contributed by atoms with E-state index in [-0.39, 0.29) is 11.9 Å². The molecule has 0 saturated carbocycles. The summed E-state index contributed by atoms with van der Waals surface area (Å²) in [5.41, 5.74) is 1.15. The summed E-state index contributed by atoms with van der Waals surface area (Å²) in [6, 6.07) is 14.5. The van der Waals surface area contributed by atoms with Crippen LogP contribution in [0.25, 0.3) is 10.8 Å². The van der Waals surface area contributed by atoms with Gasteiger partial charge in [-0.2, -0.15) is 0 Å². The summed E-state index contributed by atoms with van der Waals surface area (Å²) >= 11 is 0. The summed E-state index contributed by atoms with van der Waals surface area (Å²) < 4.78 is 0. The van der Waals surface area contributed by atoms with Gasteiger partial charge in [0.05, 0.1) is 6.10 Å². The second-order valence-corrected chi connectivity index (χ2v) is 5.85. The highest BCUT2D eigenvalue weighted by molar-refractivity contribution is 5.83. The van der Waals surface area contributed by atoms with Crippen molar-refractivity contribution in [2.24, 2.45) is 0 Å². The van der Waals surface area contributed by atoms with Gasteiger partial charge < -0.3 is 15.3 Å². The van der Waals surface area contributed by atoms with Crippen LogP contribution in [0, 0.1) is 0 Å². The number of hydrogen-bond acceptors (Lipinski definition) is 2. The molecular weight excluding hydrogens is 276 g/mol. The molecule has 2 atom stereocenters. The van der Waals surface area contributed by atoms with Crippen molar-refractivity contribution in [3.05, 3.63) is 48.0 Å². The summed E-state index contributed by atoms with van der Waals surface area (Å²) in [6.07, 6.45) is 0.272. The van der Waals surface area contributed by atoms with Gasteiger partial charge in [-0.25, -0.2) is 4.79 Å². The summed E-state index contributed by atoms with van der Waals surface area (Å²) in [4.78, 5) is 13.6. The maximum atomic E-state index is 11.9. The van der Waals surface area contributed by atoms with Gasteiger partial charge in [0, 0.05) is 25.6 Å². The lowest BCUT2D eigenvalue weighted by atomic mass is 9.86. The number of β-amino-alcohol motifs (C(OH)–C–C–N with tert-alkyl or cyclic N) is 1. The van der Waals surface area contributed by atoms with Gasteiger partial charge in [-0.3, -0.25) is 0 Å². The Morgan fingerprint density at radius 1 is 1.27 bits per heavy atom. The third-order valence-electron chi connectivity index (χ3n) is 4.40. The minimum Gasteiger partial charge on any atom is -0.391 e. The summed E-state index contributed by atoms with van der Waals surface area (Å²) in [6.45, 7) is 3.58. The third kappa shape index (κ3) is 2.92. The molecule has 1 heterocycles. The second kappa shape index (κ2) is 6.36. The van der Waals surface area contributed by atoms with Gasteiger partial charge in [0.1, 0.15) is 0 Å². The highest BCUT2D eigenvalue weighted by Gasteiger charge is 2.30. The smallest absolute Gasteiger partial charge is 0.317 e. The Balaban J connectivity index is 1.76. The second-order valence-electron chi connectivity index (χ2n) is 5.85. The first-order valence-corrected chi connectivity index (χ1v) is 7.88. The first-order chi connectivity index (χ1) is 10.7. The number of urea groups is 1. The van der Waals surface area contributed by atoms with Gasteiger partial charge in [0.15, 0.2) is 0 Å². The normalized spacial score (nSPS) is 21.8. The fourth-order valence-electron chi connectivity index (χ4n) is 3.21. The van der Waals surface area contributed by atoms with Gasteiger partial charge in [-0.15, -0.1) is 0 Å². The van der Waals surface area contributed by atoms with Crippen molar-refractivity contribution >= 4 is 16.8 Å². The number of rotatable bonds is 2. The minimum atomic E-state index is -0.516. The molecule has 116 valence electrons. The number of amides is 2. The molecule has 0 radical (unpaired) electrons. The van der Waals surface area contributed by atoms with Crippen LogP contribution in [0.3, 0.4) is 0 Å². The lowest BCUT2D eigenvalue weighted by Gasteiger charge is -2.36. The predicted octanol–water partition coefficient (Wildman–Crippen LogP) is 2.72. The summed E-state index contributed by atoms with van der Waals surface area (Å²) in [5.74, 6) is 0.0929. The van der Waals surface area contributed by atoms with Crippen LogP contribution in [0.2, 0.25) is 0 Å². The molecule has 1 fully saturated rings. The molecule has 0 aliphatic carbocycles. The number of carbonyl (C=O) groups excluding carboxylic acids is 1. The summed E-state index contributed by atoms with van der Waals surface area (Å²) in [5, 5.41) is 15.7. The first kappa shape index (κ1) is 14.9. The van der Waals surface area contributed by atoms with E-state index >= 15 is 0 Å². The Hall–Kier alpha value is -2.07. The van der Waals surface area contributed by atoms with Crippen molar-refractivity contribution in [1.82, 2.24) is 10.2 Å². The molecule has 4 heteroatoms. The highest BCUT2D eigenvalue weighted by atomic mass is 16.3. The molecule has 2 amide bonds. The standard InChI is InChI=1S/C18H22N2O2/c1-2-19-18(22)20-10-9-16(17(21)12-20)15-8-7-13-5-3-4-6-14(13)11-15/h3-8,11,16-17,21H,2,9-10,12H2,1H3,(H,19,22)/t16-,17+/m0/s1. The van der Waals surface area contributed by atoms with Gasteiger partial charge in [-0.1, -0.05) is 42.5 Å². The lowest BCUT2D eigenvalue weighted by molar-refractivity contribution is 0.0656. The van der Waals surface area contributed by atoms with Crippen LogP contribution in [-0.4, -0.2) is 41.8 Å². The molecule has 0 bridgehead atoms. The van der Waals surface area contributed by atoms with Crippen molar-refractivity contribution in [3.8, 4) is 0 Å². The molecule has 1 saturated heterocycles. The number of likely N-dealkylation sites (tertiary alicyclic amines) is 1. The van der Waals surface area contributed by atoms with Crippen molar-refractivity contribution < 1.29 is 9.90 Å². The van der Waals surface area contributed by atoms with Gasteiger partial charge in [0.2, 0.25) is 0 Å². The maximum Gasteiger partial charge on any atom is 0.317 e. The van der Waals surface area contributed by atoms with Crippen LogP contribution in [0.15, 0.2) is 42.5 Å². The van der Waals surface area contributed by atoms with Crippen molar-refractivity contribution in [3.63, 3.8) is 0 Å². The quantitative estimate of drug-likeness (QED) is 0.895. The largest absolute Gasteiger partial charge is 0.391 e. The topological polar surface area (TPSA) is 52.6 Å². The fraction of sp³-hybridized carbons (Fsp3) is 0.389. The molecule has 4 nitrogen and oxygen atoms in total. The average molecular weight is 298 g/mol. The number of nitrogens with zero attached hydrogens (tertiary/aromatic N) is 1. The molecule has 0 spiro atoms. The van der Waals surface area contributed by atoms with E-state index in [1.807, 2.05) is 19.1 Å². The van der Waals surface area contributed by atoms with Crippen molar-refractivity contribution in [1.29, 1.82) is 0 Å². The third-order valence-corrected chi connectivity index (χ3v) is 4.40. The van der Waals surface area contributed by atoms with Crippen LogP contribution < -0.4 is 5.32 Å².